The molecule has 78 valence electrons. The molecule has 0 aliphatic carbocycles. The Bertz CT molecular complexity index is 321. The maximum Gasteiger partial charge on any atom is 0.271 e. The summed E-state index contributed by atoms with van der Waals surface area (Å²) in [5.41, 5.74) is 11.0. The van der Waals surface area contributed by atoms with Gasteiger partial charge in [-0.15, -0.1) is 0 Å². The van der Waals surface area contributed by atoms with Crippen molar-refractivity contribution < 1.29 is 9.90 Å². The Morgan fingerprint density at radius 3 is 2.79 bits per heavy atom. The molecule has 0 radical (unpaired) electrons. The minimum Gasteiger partial charge on any atom is -0.396 e. The highest BCUT2D eigenvalue weighted by Crippen LogP contribution is 2.08. The van der Waals surface area contributed by atoms with Gasteiger partial charge < -0.3 is 16.6 Å². The van der Waals surface area contributed by atoms with Gasteiger partial charge in [-0.05, 0) is 12.8 Å². The summed E-state index contributed by atoms with van der Waals surface area (Å²) in [6, 6.07) is 0. The number of unbranched alkanes of at least 4 members (excludes halogenated alkanes) is 1. The van der Waals surface area contributed by atoms with Crippen LogP contribution in [-0.4, -0.2) is 27.4 Å². The van der Waals surface area contributed by atoms with Crippen molar-refractivity contribution in [2.75, 3.05) is 12.3 Å². The van der Waals surface area contributed by atoms with Crippen molar-refractivity contribution in [3.8, 4) is 0 Å². The molecule has 6 nitrogen and oxygen atoms in total. The number of nitrogens with zero attached hydrogens (tertiary/aromatic N) is 2. The van der Waals surface area contributed by atoms with E-state index in [0.717, 1.165) is 6.42 Å². The maximum absolute atomic E-state index is 10.8. The van der Waals surface area contributed by atoms with Crippen LogP contribution >= 0.6 is 0 Å². The highest BCUT2D eigenvalue weighted by atomic mass is 16.2. The van der Waals surface area contributed by atoms with Crippen LogP contribution in [0.15, 0.2) is 6.20 Å². The molecule has 0 unspecified atom stereocenters. The monoisotopic (exact) mass is 198 g/mol. The first-order valence-electron chi connectivity index (χ1n) is 4.38. The van der Waals surface area contributed by atoms with Crippen molar-refractivity contribution in [2.45, 2.75) is 19.4 Å². The Kier molecular flexibility index (Phi) is 3.47. The van der Waals surface area contributed by atoms with Crippen LogP contribution in [0, 0.1) is 0 Å². The number of anilines is 1. The molecule has 14 heavy (non-hydrogen) atoms. The van der Waals surface area contributed by atoms with Gasteiger partial charge in [0.2, 0.25) is 0 Å². The number of carbonyl (C=O) groups is 1. The zero-order valence-electron chi connectivity index (χ0n) is 7.81. The molecule has 0 spiro atoms. The summed E-state index contributed by atoms with van der Waals surface area (Å²) >= 11 is 0. The standard InChI is InChI=1S/C8H14N4O2/c9-6-5-12(3-1-2-4-13)11-7(6)8(10)14/h5,13H,1-4,9H2,(H2,10,14). The quantitative estimate of drug-likeness (QED) is 0.545. The summed E-state index contributed by atoms with van der Waals surface area (Å²) in [4.78, 5) is 10.8. The van der Waals surface area contributed by atoms with Gasteiger partial charge in [-0.1, -0.05) is 0 Å². The van der Waals surface area contributed by atoms with Gasteiger partial charge in [0.25, 0.3) is 5.91 Å². The van der Waals surface area contributed by atoms with Crippen LogP contribution in [0.3, 0.4) is 0 Å². The van der Waals surface area contributed by atoms with Crippen LogP contribution in [0.25, 0.3) is 0 Å². The van der Waals surface area contributed by atoms with E-state index in [1.54, 1.807) is 10.9 Å². The van der Waals surface area contributed by atoms with Gasteiger partial charge in [0.05, 0.1) is 5.69 Å². The van der Waals surface area contributed by atoms with E-state index in [0.29, 0.717) is 18.7 Å². The van der Waals surface area contributed by atoms with Crippen LogP contribution < -0.4 is 11.5 Å². The number of hydrogen-bond acceptors (Lipinski definition) is 4. The molecule has 1 heterocycles. The van der Waals surface area contributed by atoms with Gasteiger partial charge in [-0.3, -0.25) is 9.48 Å². The summed E-state index contributed by atoms with van der Waals surface area (Å²) in [7, 11) is 0. The highest BCUT2D eigenvalue weighted by molar-refractivity contribution is 5.95. The molecular formula is C8H14N4O2. The second-order valence-corrected chi connectivity index (χ2v) is 2.99. The van der Waals surface area contributed by atoms with Gasteiger partial charge in [0.1, 0.15) is 0 Å². The first-order valence-corrected chi connectivity index (χ1v) is 4.38. The number of aryl methyl sites for hydroxylation is 1. The van der Waals surface area contributed by atoms with Crippen molar-refractivity contribution in [3.05, 3.63) is 11.9 Å². The van der Waals surface area contributed by atoms with Crippen LogP contribution in [0.4, 0.5) is 5.69 Å². The number of nitrogen functional groups attached to an aromatic ring is 1. The second-order valence-electron chi connectivity index (χ2n) is 2.99. The Balaban J connectivity index is 2.62. The molecule has 0 aromatic carbocycles. The molecule has 0 bridgehead atoms. The van der Waals surface area contributed by atoms with Crippen molar-refractivity contribution in [3.63, 3.8) is 0 Å². The van der Waals surface area contributed by atoms with Crippen LogP contribution in [0.5, 0.6) is 0 Å². The lowest BCUT2D eigenvalue weighted by molar-refractivity contribution is 0.0995. The molecule has 0 saturated heterocycles. The van der Waals surface area contributed by atoms with Gasteiger partial charge >= 0.3 is 0 Å². The number of primary amides is 1. The predicted octanol–water partition coefficient (Wildman–Crippen LogP) is -0.663. The van der Waals surface area contributed by atoms with Gasteiger partial charge in [0, 0.05) is 19.3 Å². The summed E-state index contributed by atoms with van der Waals surface area (Å²) in [6.07, 6.45) is 3.05. The number of carbonyl (C=O) groups excluding carboxylic acids is 1. The Morgan fingerprint density at radius 1 is 1.57 bits per heavy atom. The zero-order valence-corrected chi connectivity index (χ0v) is 7.81. The lowest BCUT2D eigenvalue weighted by Crippen LogP contribution is -2.14. The molecule has 6 heteroatoms. The molecule has 0 saturated carbocycles. The number of aromatic nitrogens is 2. The smallest absolute Gasteiger partial charge is 0.271 e. The third-order valence-electron chi connectivity index (χ3n) is 1.82. The van der Waals surface area contributed by atoms with E-state index in [1.807, 2.05) is 0 Å². The number of nitrogens with two attached hydrogens (primary N) is 2. The number of rotatable bonds is 5. The van der Waals surface area contributed by atoms with Gasteiger partial charge in [-0.25, -0.2) is 0 Å². The largest absolute Gasteiger partial charge is 0.396 e. The fourth-order valence-electron chi connectivity index (χ4n) is 1.13. The molecular weight excluding hydrogens is 184 g/mol. The van der Waals surface area contributed by atoms with Crippen LogP contribution in [-0.2, 0) is 6.54 Å². The molecule has 0 atom stereocenters. The Labute approximate surface area is 81.5 Å². The first kappa shape index (κ1) is 10.5. The molecule has 0 fully saturated rings. The molecule has 1 aromatic heterocycles. The minimum atomic E-state index is -0.622. The number of aliphatic hydroxyl groups is 1. The van der Waals surface area contributed by atoms with E-state index < -0.39 is 5.91 Å². The van der Waals surface area contributed by atoms with E-state index in [9.17, 15) is 4.79 Å². The van der Waals surface area contributed by atoms with Gasteiger partial charge in [0.15, 0.2) is 5.69 Å². The van der Waals surface area contributed by atoms with Gasteiger partial charge in [-0.2, -0.15) is 5.10 Å². The summed E-state index contributed by atoms with van der Waals surface area (Å²) in [6.45, 7) is 0.775. The normalized spacial score (nSPS) is 10.4. The van der Waals surface area contributed by atoms with Crippen LogP contribution in [0.1, 0.15) is 23.3 Å². The minimum absolute atomic E-state index is 0.106. The Hall–Kier alpha value is -1.56. The fraction of sp³-hybridized carbons (Fsp3) is 0.500. The maximum atomic E-state index is 10.8. The predicted molar refractivity (Wildman–Crippen MR) is 51.5 cm³/mol. The fourth-order valence-corrected chi connectivity index (χ4v) is 1.13. The molecule has 5 N–H and O–H groups in total. The number of hydrogen-bond donors (Lipinski definition) is 3. The van der Waals surface area contributed by atoms with Crippen LogP contribution in [0.2, 0.25) is 0 Å². The van der Waals surface area contributed by atoms with E-state index in [1.165, 1.54) is 0 Å². The van der Waals surface area contributed by atoms with Crippen molar-refractivity contribution in [1.29, 1.82) is 0 Å². The average Bonchev–Trinajstić information content (AvgIpc) is 2.47. The average molecular weight is 198 g/mol. The summed E-state index contributed by atoms with van der Waals surface area (Å²) in [5, 5.41) is 12.5. The topological polar surface area (TPSA) is 107 Å². The van der Waals surface area contributed by atoms with E-state index in [4.69, 9.17) is 16.6 Å². The third kappa shape index (κ3) is 2.46. The van der Waals surface area contributed by atoms with E-state index >= 15 is 0 Å². The van der Waals surface area contributed by atoms with E-state index in [-0.39, 0.29) is 12.3 Å². The summed E-state index contributed by atoms with van der Waals surface area (Å²) < 4.78 is 1.56. The third-order valence-corrected chi connectivity index (χ3v) is 1.82. The lowest BCUT2D eigenvalue weighted by Gasteiger charge is -1.98. The lowest BCUT2D eigenvalue weighted by atomic mass is 10.3. The second kappa shape index (κ2) is 4.61. The molecule has 1 aromatic rings. The van der Waals surface area contributed by atoms with Crippen molar-refractivity contribution in [1.82, 2.24) is 9.78 Å². The van der Waals surface area contributed by atoms with Crippen molar-refractivity contribution >= 4 is 11.6 Å². The molecule has 0 aliphatic rings. The molecule has 0 aliphatic heterocycles. The summed E-state index contributed by atoms with van der Waals surface area (Å²) in [5.74, 6) is -0.622. The first-order chi connectivity index (χ1) is 6.65. The zero-order chi connectivity index (χ0) is 10.6. The highest BCUT2D eigenvalue weighted by Gasteiger charge is 2.10. The van der Waals surface area contributed by atoms with E-state index in [2.05, 4.69) is 5.10 Å². The van der Waals surface area contributed by atoms with Crippen molar-refractivity contribution in [2.24, 2.45) is 5.73 Å². The molecule has 1 rings (SSSR count). The Morgan fingerprint density at radius 2 is 2.29 bits per heavy atom. The SMILES string of the molecule is NC(=O)c1nn(CCCCO)cc1N. The molecule has 1 amide bonds. The number of amides is 1. The number of aliphatic hydroxyl groups excluding tert-OH is 1.